The van der Waals surface area contributed by atoms with Crippen LogP contribution in [0.4, 0.5) is 0 Å². The molecule has 4 heteroatoms. The van der Waals surface area contributed by atoms with E-state index in [-0.39, 0.29) is 0 Å². The fraction of sp³-hybridized carbons (Fsp3) is 0.419. The first kappa shape index (κ1) is 23.7. The summed E-state index contributed by atoms with van der Waals surface area (Å²) < 4.78 is 17.6. The zero-order valence-electron chi connectivity index (χ0n) is 21.0. The highest BCUT2D eigenvalue weighted by Gasteiger charge is 2.23. The molecule has 35 heavy (non-hydrogen) atoms. The number of rotatable bonds is 4. The number of methoxy groups -OCH3 is 2. The largest absolute Gasteiger partial charge is 0.493 e. The number of ether oxygens (including phenoxy) is 3. The van der Waals surface area contributed by atoms with E-state index in [1.54, 1.807) is 14.2 Å². The monoisotopic (exact) mass is 471 g/mol. The second kappa shape index (κ2) is 11.2. The minimum Gasteiger partial charge on any atom is -0.493 e. The summed E-state index contributed by atoms with van der Waals surface area (Å²) in [5, 5.41) is 4.07. The average Bonchev–Trinajstić information content (AvgIpc) is 2.89. The summed E-state index contributed by atoms with van der Waals surface area (Å²) in [5.74, 6) is 2.96. The average molecular weight is 472 g/mol. The lowest BCUT2D eigenvalue weighted by atomic mass is 9.86. The van der Waals surface area contributed by atoms with Crippen LogP contribution in [0.2, 0.25) is 0 Å². The summed E-state index contributed by atoms with van der Waals surface area (Å²) in [7, 11) is 3.38. The molecule has 0 amide bonds. The van der Waals surface area contributed by atoms with Crippen molar-refractivity contribution in [1.29, 1.82) is 0 Å². The van der Waals surface area contributed by atoms with Gasteiger partial charge in [0.25, 0.3) is 0 Å². The van der Waals surface area contributed by atoms with Gasteiger partial charge in [0.2, 0.25) is 0 Å². The van der Waals surface area contributed by atoms with Gasteiger partial charge in [-0.15, -0.1) is 0 Å². The van der Waals surface area contributed by atoms with E-state index in [1.807, 2.05) is 12.1 Å². The summed E-state index contributed by atoms with van der Waals surface area (Å²) >= 11 is 0. The van der Waals surface area contributed by atoms with Gasteiger partial charge < -0.3 is 19.5 Å². The molecule has 1 aliphatic carbocycles. The fourth-order valence-electron chi connectivity index (χ4n) is 5.61. The topological polar surface area (TPSA) is 39.7 Å². The van der Waals surface area contributed by atoms with Crippen LogP contribution in [0.5, 0.6) is 23.0 Å². The van der Waals surface area contributed by atoms with Crippen LogP contribution < -0.4 is 19.5 Å². The Hall–Kier alpha value is -2.98. The van der Waals surface area contributed by atoms with Gasteiger partial charge in [-0.3, -0.25) is 0 Å². The quantitative estimate of drug-likeness (QED) is 0.437. The van der Waals surface area contributed by atoms with Crippen molar-refractivity contribution in [2.75, 3.05) is 14.2 Å². The van der Waals surface area contributed by atoms with Crippen molar-refractivity contribution in [2.45, 2.75) is 69.9 Å². The Morgan fingerprint density at radius 3 is 2.17 bits per heavy atom. The highest BCUT2D eigenvalue weighted by Crippen LogP contribution is 2.38. The second-order valence-electron chi connectivity index (χ2n) is 9.86. The molecule has 0 radical (unpaired) electrons. The van der Waals surface area contributed by atoms with E-state index in [2.05, 4.69) is 53.8 Å². The zero-order chi connectivity index (χ0) is 24.0. The summed E-state index contributed by atoms with van der Waals surface area (Å²) in [5.41, 5.74) is 5.57. The van der Waals surface area contributed by atoms with E-state index in [9.17, 15) is 0 Å². The van der Waals surface area contributed by atoms with E-state index < -0.39 is 0 Å². The molecule has 4 nitrogen and oxygen atoms in total. The Labute approximate surface area is 209 Å². The van der Waals surface area contributed by atoms with E-state index in [4.69, 9.17) is 14.2 Å². The number of aryl methyl sites for hydroxylation is 3. The van der Waals surface area contributed by atoms with E-state index in [0.29, 0.717) is 12.1 Å². The lowest BCUT2D eigenvalue weighted by molar-refractivity contribution is 0.351. The maximum absolute atomic E-state index is 6.37. The van der Waals surface area contributed by atoms with E-state index in [1.165, 1.54) is 60.8 Å². The zero-order valence-corrected chi connectivity index (χ0v) is 21.0. The standard InChI is InChI=1S/C31H37NO3/c1-33-28-18-15-22-8-3-5-11-25(32-27-13-7-10-24-9-4-6-12-26(24)27)17-14-23-16-19-29(34-2)31(21-23)35-30(28)20-22/h4,6,9,12,15-16,18-21,25,27,32H,3,5,7-8,10-11,13-14,17H2,1-2H3/t25?,27-/m1/s1. The molecule has 0 saturated heterocycles. The Bertz CT molecular complexity index is 1140. The molecule has 0 spiro atoms. The van der Waals surface area contributed by atoms with Crippen molar-refractivity contribution in [2.24, 2.45) is 0 Å². The van der Waals surface area contributed by atoms with Crippen molar-refractivity contribution >= 4 is 0 Å². The van der Waals surface area contributed by atoms with Gasteiger partial charge in [0.05, 0.1) is 14.2 Å². The summed E-state index contributed by atoms with van der Waals surface area (Å²) in [6.45, 7) is 0. The van der Waals surface area contributed by atoms with Gasteiger partial charge in [-0.1, -0.05) is 42.8 Å². The van der Waals surface area contributed by atoms with Gasteiger partial charge in [-0.2, -0.15) is 0 Å². The number of hydrogen-bond acceptors (Lipinski definition) is 4. The SMILES string of the molecule is COc1ccc2cc1Oc1cc(ccc1OC)CCC(N[C@@H]1CCCc3ccccc31)CCCC2. The van der Waals surface area contributed by atoms with E-state index in [0.717, 1.165) is 42.3 Å². The van der Waals surface area contributed by atoms with Gasteiger partial charge in [-0.05, 0) is 97.9 Å². The number of benzene rings is 3. The maximum Gasteiger partial charge on any atom is 0.169 e. The highest BCUT2D eigenvalue weighted by molar-refractivity contribution is 5.50. The number of fused-ring (bicyclic) bond motifs is 5. The number of nitrogens with one attached hydrogen (secondary N) is 1. The first-order valence-corrected chi connectivity index (χ1v) is 13.1. The van der Waals surface area contributed by atoms with Crippen LogP contribution in [-0.2, 0) is 19.3 Å². The molecule has 184 valence electrons. The summed E-state index contributed by atoms with van der Waals surface area (Å²) in [6.07, 6.45) is 10.4. The van der Waals surface area contributed by atoms with Crippen LogP contribution in [0.25, 0.3) is 0 Å². The van der Waals surface area contributed by atoms with Crippen molar-refractivity contribution in [3.8, 4) is 23.0 Å². The third-order valence-corrected chi connectivity index (χ3v) is 7.53. The first-order valence-electron chi connectivity index (χ1n) is 13.1. The van der Waals surface area contributed by atoms with Crippen LogP contribution in [0, 0.1) is 0 Å². The molecule has 1 aliphatic heterocycles. The Kier molecular flexibility index (Phi) is 7.58. The van der Waals surface area contributed by atoms with Gasteiger partial charge in [-0.25, -0.2) is 0 Å². The smallest absolute Gasteiger partial charge is 0.169 e. The molecule has 1 unspecified atom stereocenters. The molecule has 0 saturated carbocycles. The molecular formula is C31H37NO3. The number of hydrogen-bond donors (Lipinski definition) is 1. The normalized spacial score (nSPS) is 20.2. The van der Waals surface area contributed by atoms with Crippen LogP contribution in [0.15, 0.2) is 60.7 Å². The van der Waals surface area contributed by atoms with Crippen LogP contribution in [-0.4, -0.2) is 20.3 Å². The molecule has 0 fully saturated rings. The van der Waals surface area contributed by atoms with Crippen molar-refractivity contribution in [3.63, 3.8) is 0 Å². The Balaban J connectivity index is 1.39. The summed E-state index contributed by atoms with van der Waals surface area (Å²) in [6, 6.07) is 22.5. The third kappa shape index (κ3) is 5.65. The van der Waals surface area contributed by atoms with Crippen LogP contribution >= 0.6 is 0 Å². The Morgan fingerprint density at radius 1 is 0.714 bits per heavy atom. The lowest BCUT2D eigenvalue weighted by Crippen LogP contribution is -2.35. The van der Waals surface area contributed by atoms with Crippen LogP contribution in [0.3, 0.4) is 0 Å². The van der Waals surface area contributed by atoms with E-state index >= 15 is 0 Å². The van der Waals surface area contributed by atoms with Gasteiger partial charge in [0.15, 0.2) is 23.0 Å². The van der Waals surface area contributed by atoms with Crippen molar-refractivity contribution in [1.82, 2.24) is 5.32 Å². The second-order valence-corrected chi connectivity index (χ2v) is 9.86. The molecule has 2 atom stereocenters. The predicted octanol–water partition coefficient (Wildman–Crippen LogP) is 7.19. The van der Waals surface area contributed by atoms with Gasteiger partial charge in [0.1, 0.15) is 0 Å². The highest BCUT2D eigenvalue weighted by atomic mass is 16.5. The fourth-order valence-corrected chi connectivity index (χ4v) is 5.61. The van der Waals surface area contributed by atoms with Gasteiger partial charge in [0, 0.05) is 12.1 Å². The van der Waals surface area contributed by atoms with Crippen molar-refractivity contribution in [3.05, 3.63) is 82.9 Å². The van der Waals surface area contributed by atoms with Crippen LogP contribution in [0.1, 0.15) is 66.8 Å². The molecule has 0 aromatic heterocycles. The molecular weight excluding hydrogens is 434 g/mol. The first-order chi connectivity index (χ1) is 17.2. The molecule has 1 heterocycles. The molecule has 3 aromatic rings. The maximum atomic E-state index is 6.37. The molecule has 3 aromatic carbocycles. The molecule has 2 aliphatic rings. The summed E-state index contributed by atoms with van der Waals surface area (Å²) in [4.78, 5) is 0. The lowest BCUT2D eigenvalue weighted by Gasteiger charge is -2.31. The minimum atomic E-state index is 0.461. The third-order valence-electron chi connectivity index (χ3n) is 7.53. The molecule has 5 rings (SSSR count). The minimum absolute atomic E-state index is 0.461. The molecule has 1 N–H and O–H groups in total. The van der Waals surface area contributed by atoms with Gasteiger partial charge >= 0.3 is 0 Å². The predicted molar refractivity (Wildman–Crippen MR) is 141 cm³/mol. The molecule has 4 bridgehead atoms. The Morgan fingerprint density at radius 2 is 1.43 bits per heavy atom. The van der Waals surface area contributed by atoms with Crippen molar-refractivity contribution < 1.29 is 14.2 Å².